The highest BCUT2D eigenvalue weighted by Crippen LogP contribution is 2.22. The van der Waals surface area contributed by atoms with Crippen molar-refractivity contribution < 1.29 is 14.1 Å². The number of anilines is 2. The molecule has 2 aromatic heterocycles. The number of aromatic nitrogens is 2. The molecular formula is C21H18N4O3S. The summed E-state index contributed by atoms with van der Waals surface area (Å²) in [5.74, 6) is 1.64. The topological polar surface area (TPSA) is 89.3 Å². The molecule has 0 atom stereocenters. The van der Waals surface area contributed by atoms with Crippen LogP contribution >= 0.6 is 11.3 Å². The van der Waals surface area contributed by atoms with E-state index in [1.165, 1.54) is 0 Å². The van der Waals surface area contributed by atoms with Crippen molar-refractivity contribution in [3.05, 3.63) is 77.5 Å². The zero-order chi connectivity index (χ0) is 20.1. The van der Waals surface area contributed by atoms with Gasteiger partial charge in [-0.1, -0.05) is 11.2 Å². The van der Waals surface area contributed by atoms with Crippen LogP contribution in [0.3, 0.4) is 0 Å². The van der Waals surface area contributed by atoms with Crippen molar-refractivity contribution in [1.82, 2.24) is 10.1 Å². The summed E-state index contributed by atoms with van der Waals surface area (Å²) in [5, 5.41) is 12.0. The molecule has 0 unspecified atom stereocenters. The van der Waals surface area contributed by atoms with E-state index in [0.29, 0.717) is 29.5 Å². The molecule has 8 heteroatoms. The maximum absolute atomic E-state index is 12.4. The highest BCUT2D eigenvalue weighted by Gasteiger charge is 2.10. The number of amides is 1. The van der Waals surface area contributed by atoms with Gasteiger partial charge in [0.1, 0.15) is 5.75 Å². The summed E-state index contributed by atoms with van der Waals surface area (Å²) in [6.07, 6.45) is 0. The molecule has 0 bridgehead atoms. The Morgan fingerprint density at radius 1 is 1.07 bits per heavy atom. The summed E-state index contributed by atoms with van der Waals surface area (Å²) in [7, 11) is 1.60. The van der Waals surface area contributed by atoms with Gasteiger partial charge in [0, 0.05) is 16.9 Å². The number of rotatable bonds is 7. The van der Waals surface area contributed by atoms with Crippen molar-refractivity contribution in [2.24, 2.45) is 0 Å². The lowest BCUT2D eigenvalue weighted by Gasteiger charge is -2.08. The highest BCUT2D eigenvalue weighted by molar-refractivity contribution is 7.13. The minimum atomic E-state index is -0.181. The first kappa shape index (κ1) is 18.7. The average Bonchev–Trinajstić information content (AvgIpc) is 3.45. The van der Waals surface area contributed by atoms with Crippen LogP contribution in [0.1, 0.15) is 16.2 Å². The molecule has 0 aliphatic rings. The fourth-order valence-corrected chi connectivity index (χ4v) is 3.28. The quantitative estimate of drug-likeness (QED) is 0.464. The van der Waals surface area contributed by atoms with Gasteiger partial charge in [0.05, 0.1) is 18.5 Å². The Kier molecular flexibility index (Phi) is 5.53. The number of nitrogens with zero attached hydrogens (tertiary/aromatic N) is 2. The van der Waals surface area contributed by atoms with E-state index in [0.717, 1.165) is 16.3 Å². The van der Waals surface area contributed by atoms with Gasteiger partial charge >= 0.3 is 0 Å². The number of hydrogen-bond donors (Lipinski definition) is 2. The van der Waals surface area contributed by atoms with Crippen LogP contribution in [0.2, 0.25) is 0 Å². The Morgan fingerprint density at radius 2 is 1.83 bits per heavy atom. The van der Waals surface area contributed by atoms with Gasteiger partial charge in [-0.05, 0) is 60.0 Å². The van der Waals surface area contributed by atoms with Crippen LogP contribution in [-0.2, 0) is 6.54 Å². The zero-order valence-electron chi connectivity index (χ0n) is 15.6. The molecule has 2 aromatic carbocycles. The minimum Gasteiger partial charge on any atom is -0.497 e. The fourth-order valence-electron chi connectivity index (χ4n) is 2.63. The lowest BCUT2D eigenvalue weighted by Crippen LogP contribution is -2.11. The van der Waals surface area contributed by atoms with E-state index in [1.807, 2.05) is 29.6 Å². The van der Waals surface area contributed by atoms with Crippen molar-refractivity contribution in [2.75, 3.05) is 17.7 Å². The van der Waals surface area contributed by atoms with E-state index in [2.05, 4.69) is 20.8 Å². The van der Waals surface area contributed by atoms with E-state index in [4.69, 9.17) is 9.26 Å². The van der Waals surface area contributed by atoms with Crippen molar-refractivity contribution in [1.29, 1.82) is 0 Å². The standard InChI is InChI=1S/C21H18N4O3S/c1-27-17-10-8-16(9-11-17)23-21(26)14-4-6-15(7-5-14)22-13-19-24-20(25-28-19)18-3-2-12-29-18/h2-12,22H,13H2,1H3,(H,23,26). The minimum absolute atomic E-state index is 0.181. The van der Waals surface area contributed by atoms with Gasteiger partial charge in [0.25, 0.3) is 5.91 Å². The smallest absolute Gasteiger partial charge is 0.255 e. The predicted molar refractivity (Wildman–Crippen MR) is 112 cm³/mol. The third kappa shape index (κ3) is 4.61. The number of hydrogen-bond acceptors (Lipinski definition) is 7. The van der Waals surface area contributed by atoms with Crippen molar-refractivity contribution in [3.63, 3.8) is 0 Å². The number of nitrogens with one attached hydrogen (secondary N) is 2. The monoisotopic (exact) mass is 406 g/mol. The largest absolute Gasteiger partial charge is 0.497 e. The number of carbonyl (C=O) groups is 1. The molecule has 4 aromatic rings. The van der Waals surface area contributed by atoms with Crippen LogP contribution in [-0.4, -0.2) is 23.2 Å². The molecule has 2 heterocycles. The fraction of sp³-hybridized carbons (Fsp3) is 0.0952. The van der Waals surface area contributed by atoms with Crippen LogP contribution in [0.15, 0.2) is 70.6 Å². The third-order valence-electron chi connectivity index (χ3n) is 4.15. The van der Waals surface area contributed by atoms with E-state index >= 15 is 0 Å². The van der Waals surface area contributed by atoms with Gasteiger partial charge in [-0.15, -0.1) is 11.3 Å². The average molecular weight is 406 g/mol. The molecule has 0 aliphatic carbocycles. The van der Waals surface area contributed by atoms with E-state index in [1.54, 1.807) is 54.8 Å². The van der Waals surface area contributed by atoms with Crippen molar-refractivity contribution >= 4 is 28.6 Å². The van der Waals surface area contributed by atoms with Gasteiger partial charge in [-0.2, -0.15) is 4.98 Å². The van der Waals surface area contributed by atoms with Gasteiger partial charge in [0.15, 0.2) is 0 Å². The van der Waals surface area contributed by atoms with Crippen molar-refractivity contribution in [2.45, 2.75) is 6.54 Å². The molecule has 0 saturated heterocycles. The summed E-state index contributed by atoms with van der Waals surface area (Å²) >= 11 is 1.56. The summed E-state index contributed by atoms with van der Waals surface area (Å²) in [5.41, 5.74) is 2.11. The van der Waals surface area contributed by atoms with Crippen LogP contribution in [0, 0.1) is 0 Å². The predicted octanol–water partition coefficient (Wildman–Crippen LogP) is 4.67. The van der Waals surface area contributed by atoms with Crippen LogP contribution < -0.4 is 15.4 Å². The number of methoxy groups -OCH3 is 1. The summed E-state index contributed by atoms with van der Waals surface area (Å²) in [6, 6.07) is 18.2. The van der Waals surface area contributed by atoms with E-state index in [9.17, 15) is 4.79 Å². The Balaban J connectivity index is 1.33. The summed E-state index contributed by atoms with van der Waals surface area (Å²) in [6.45, 7) is 0.399. The molecule has 0 aliphatic heterocycles. The molecule has 0 saturated carbocycles. The van der Waals surface area contributed by atoms with Gasteiger partial charge < -0.3 is 19.9 Å². The normalized spacial score (nSPS) is 10.5. The second kappa shape index (κ2) is 8.57. The third-order valence-corrected chi connectivity index (χ3v) is 5.01. The van der Waals surface area contributed by atoms with Crippen molar-refractivity contribution in [3.8, 4) is 16.5 Å². The molecule has 1 amide bonds. The first-order valence-electron chi connectivity index (χ1n) is 8.87. The second-order valence-electron chi connectivity index (χ2n) is 6.10. The summed E-state index contributed by atoms with van der Waals surface area (Å²) in [4.78, 5) is 17.7. The lowest BCUT2D eigenvalue weighted by molar-refractivity contribution is 0.102. The molecule has 4 rings (SSSR count). The maximum atomic E-state index is 12.4. The lowest BCUT2D eigenvalue weighted by atomic mass is 10.2. The van der Waals surface area contributed by atoms with Gasteiger partial charge in [0.2, 0.25) is 11.7 Å². The zero-order valence-corrected chi connectivity index (χ0v) is 16.4. The first-order valence-corrected chi connectivity index (χ1v) is 9.75. The number of benzene rings is 2. The summed E-state index contributed by atoms with van der Waals surface area (Å²) < 4.78 is 10.4. The second-order valence-corrected chi connectivity index (χ2v) is 7.05. The molecule has 29 heavy (non-hydrogen) atoms. The molecule has 146 valence electrons. The molecular weight excluding hydrogens is 388 g/mol. The molecule has 0 fully saturated rings. The number of ether oxygens (including phenoxy) is 1. The SMILES string of the molecule is COc1ccc(NC(=O)c2ccc(NCc3nc(-c4cccs4)no3)cc2)cc1. The molecule has 0 radical (unpaired) electrons. The number of carbonyl (C=O) groups excluding carboxylic acids is 1. The molecule has 2 N–H and O–H groups in total. The van der Waals surface area contributed by atoms with Crippen LogP contribution in [0.5, 0.6) is 5.75 Å². The van der Waals surface area contributed by atoms with Crippen LogP contribution in [0.25, 0.3) is 10.7 Å². The van der Waals surface area contributed by atoms with E-state index in [-0.39, 0.29) is 5.91 Å². The molecule has 0 spiro atoms. The Bertz CT molecular complexity index is 1070. The first-order chi connectivity index (χ1) is 14.2. The maximum Gasteiger partial charge on any atom is 0.255 e. The molecule has 7 nitrogen and oxygen atoms in total. The Hall–Kier alpha value is -3.65. The van der Waals surface area contributed by atoms with Gasteiger partial charge in [-0.3, -0.25) is 4.79 Å². The van der Waals surface area contributed by atoms with Gasteiger partial charge in [-0.25, -0.2) is 0 Å². The Morgan fingerprint density at radius 3 is 2.52 bits per heavy atom. The van der Waals surface area contributed by atoms with E-state index < -0.39 is 0 Å². The highest BCUT2D eigenvalue weighted by atomic mass is 32.1. The van der Waals surface area contributed by atoms with Crippen LogP contribution in [0.4, 0.5) is 11.4 Å². The number of thiophene rings is 1. The Labute approximate surface area is 171 Å².